The normalized spacial score (nSPS) is 22.7. The molecule has 1 amide bonds. The van der Waals surface area contributed by atoms with E-state index in [4.69, 9.17) is 4.74 Å². The zero-order chi connectivity index (χ0) is 23.7. The number of benzene rings is 2. The topological polar surface area (TPSA) is 53.1 Å². The Kier molecular flexibility index (Phi) is 6.44. The van der Waals surface area contributed by atoms with Gasteiger partial charge in [-0.3, -0.25) is 9.59 Å². The summed E-state index contributed by atoms with van der Waals surface area (Å²) >= 11 is 0. The average molecular weight is 466 g/mol. The van der Waals surface area contributed by atoms with Gasteiger partial charge in [-0.05, 0) is 49.9 Å². The van der Waals surface area contributed by atoms with Crippen molar-refractivity contribution >= 4 is 23.3 Å². The zero-order valence-electron chi connectivity index (χ0n) is 19.7. The van der Waals surface area contributed by atoms with Gasteiger partial charge in [-0.1, -0.05) is 30.3 Å². The van der Waals surface area contributed by atoms with E-state index in [0.29, 0.717) is 57.7 Å². The van der Waals surface area contributed by atoms with Gasteiger partial charge in [0.25, 0.3) is 0 Å². The molecular weight excluding hydrogens is 433 g/mol. The number of para-hydroxylation sites is 2. The van der Waals surface area contributed by atoms with Gasteiger partial charge in [-0.2, -0.15) is 0 Å². The van der Waals surface area contributed by atoms with Crippen LogP contribution in [0.3, 0.4) is 0 Å². The zero-order valence-corrected chi connectivity index (χ0v) is 19.7. The highest BCUT2D eigenvalue weighted by atomic mass is 19.1. The standard InChI is InChI=1S/C27H32FN3O3/c1-2-34-27(33)19-11-13-29(14-12-19)26(32)21-17-20-7-3-5-9-23(20)31-16-15-30(18-25(21)31)24-10-6-4-8-22(24)28/h3-10,19,21,25H,2,11-18H2,1H3/t21-,25+/m1/s1. The van der Waals surface area contributed by atoms with Crippen molar-refractivity contribution in [3.05, 3.63) is 59.9 Å². The molecule has 0 radical (unpaired) electrons. The van der Waals surface area contributed by atoms with Crippen LogP contribution in [0.2, 0.25) is 0 Å². The van der Waals surface area contributed by atoms with Crippen LogP contribution in [-0.2, 0) is 20.7 Å². The van der Waals surface area contributed by atoms with E-state index in [1.807, 2.05) is 36.1 Å². The second kappa shape index (κ2) is 9.65. The number of likely N-dealkylation sites (tertiary alicyclic amines) is 1. The van der Waals surface area contributed by atoms with Gasteiger partial charge in [-0.15, -0.1) is 0 Å². The monoisotopic (exact) mass is 465 g/mol. The van der Waals surface area contributed by atoms with Crippen molar-refractivity contribution in [1.82, 2.24) is 4.90 Å². The summed E-state index contributed by atoms with van der Waals surface area (Å²) in [7, 11) is 0. The lowest BCUT2D eigenvalue weighted by molar-refractivity contribution is -0.152. The van der Waals surface area contributed by atoms with Gasteiger partial charge in [0.2, 0.25) is 5.91 Å². The second-order valence-electron chi connectivity index (χ2n) is 9.45. The molecule has 3 aliphatic heterocycles. The number of rotatable bonds is 4. The Morgan fingerprint density at radius 3 is 2.41 bits per heavy atom. The lowest BCUT2D eigenvalue weighted by Gasteiger charge is -2.50. The third-order valence-electron chi connectivity index (χ3n) is 7.56. The summed E-state index contributed by atoms with van der Waals surface area (Å²) in [5, 5.41) is 0. The van der Waals surface area contributed by atoms with Crippen LogP contribution < -0.4 is 9.80 Å². The molecule has 2 fully saturated rings. The summed E-state index contributed by atoms with van der Waals surface area (Å²) in [6.07, 6.45) is 1.96. The summed E-state index contributed by atoms with van der Waals surface area (Å²) in [6, 6.07) is 15.2. The van der Waals surface area contributed by atoms with Gasteiger partial charge >= 0.3 is 5.97 Å². The molecule has 180 valence electrons. The van der Waals surface area contributed by atoms with Gasteiger partial charge in [0.15, 0.2) is 0 Å². The van der Waals surface area contributed by atoms with E-state index in [0.717, 1.165) is 6.54 Å². The fourth-order valence-electron chi connectivity index (χ4n) is 5.80. The Morgan fingerprint density at radius 2 is 1.68 bits per heavy atom. The SMILES string of the molecule is CCOC(=O)C1CCN(C(=O)[C@@H]2Cc3ccccc3N3CCN(c4ccccc4F)C[C@@H]23)CC1. The van der Waals surface area contributed by atoms with E-state index >= 15 is 0 Å². The Labute approximate surface area is 200 Å². The minimum Gasteiger partial charge on any atom is -0.466 e. The van der Waals surface area contributed by atoms with Crippen molar-refractivity contribution in [2.75, 3.05) is 49.1 Å². The molecule has 0 spiro atoms. The van der Waals surface area contributed by atoms with Crippen molar-refractivity contribution in [2.24, 2.45) is 11.8 Å². The maximum Gasteiger partial charge on any atom is 0.309 e. The largest absolute Gasteiger partial charge is 0.466 e. The highest BCUT2D eigenvalue weighted by Crippen LogP contribution is 2.38. The Balaban J connectivity index is 1.37. The van der Waals surface area contributed by atoms with Crippen LogP contribution >= 0.6 is 0 Å². The Morgan fingerprint density at radius 1 is 0.971 bits per heavy atom. The molecule has 3 heterocycles. The number of anilines is 2. The van der Waals surface area contributed by atoms with Crippen molar-refractivity contribution in [2.45, 2.75) is 32.2 Å². The minimum atomic E-state index is -0.226. The number of esters is 1. The maximum absolute atomic E-state index is 14.6. The molecule has 2 saturated heterocycles. The average Bonchev–Trinajstić information content (AvgIpc) is 2.88. The first kappa shape index (κ1) is 22.7. The van der Waals surface area contributed by atoms with Crippen LogP contribution in [0.1, 0.15) is 25.3 Å². The predicted octanol–water partition coefficient (Wildman–Crippen LogP) is 3.49. The third kappa shape index (κ3) is 4.24. The van der Waals surface area contributed by atoms with Gasteiger partial charge < -0.3 is 19.4 Å². The Hall–Kier alpha value is -3.09. The van der Waals surface area contributed by atoms with E-state index in [2.05, 4.69) is 21.9 Å². The molecule has 2 aromatic rings. The van der Waals surface area contributed by atoms with Gasteiger partial charge in [0.05, 0.1) is 30.2 Å². The number of fused-ring (bicyclic) bond motifs is 3. The van der Waals surface area contributed by atoms with Crippen molar-refractivity contribution in [3.8, 4) is 0 Å². The highest BCUT2D eigenvalue weighted by molar-refractivity contribution is 5.83. The summed E-state index contributed by atoms with van der Waals surface area (Å²) in [5.41, 5.74) is 2.98. The van der Waals surface area contributed by atoms with E-state index in [1.54, 1.807) is 6.07 Å². The van der Waals surface area contributed by atoms with E-state index in [1.165, 1.54) is 17.3 Å². The summed E-state index contributed by atoms with van der Waals surface area (Å²) < 4.78 is 19.8. The number of hydrogen-bond acceptors (Lipinski definition) is 5. The molecule has 0 saturated carbocycles. The number of piperazine rings is 1. The smallest absolute Gasteiger partial charge is 0.309 e. The van der Waals surface area contributed by atoms with Gasteiger partial charge in [-0.25, -0.2) is 4.39 Å². The van der Waals surface area contributed by atoms with Gasteiger partial charge in [0.1, 0.15) is 5.82 Å². The molecule has 0 bridgehead atoms. The van der Waals surface area contributed by atoms with Crippen molar-refractivity contribution in [3.63, 3.8) is 0 Å². The molecular formula is C27H32FN3O3. The lowest BCUT2D eigenvalue weighted by atomic mass is 9.82. The van der Waals surface area contributed by atoms with E-state index < -0.39 is 0 Å². The lowest BCUT2D eigenvalue weighted by Crippen LogP contribution is -2.62. The van der Waals surface area contributed by atoms with Crippen LogP contribution in [-0.4, -0.2) is 62.1 Å². The summed E-state index contributed by atoms with van der Waals surface area (Å²) in [6.45, 7) is 5.40. The molecule has 0 unspecified atom stereocenters. The molecule has 2 atom stereocenters. The Bertz CT molecular complexity index is 1050. The van der Waals surface area contributed by atoms with Gasteiger partial charge in [0, 0.05) is 38.4 Å². The van der Waals surface area contributed by atoms with Crippen molar-refractivity contribution < 1.29 is 18.7 Å². The quantitative estimate of drug-likeness (QED) is 0.647. The number of ether oxygens (including phenoxy) is 1. The minimum absolute atomic E-state index is 0.0291. The maximum atomic E-state index is 14.6. The number of carbonyl (C=O) groups excluding carboxylic acids is 2. The first-order valence-electron chi connectivity index (χ1n) is 12.4. The van der Waals surface area contributed by atoms with Crippen LogP contribution in [0.25, 0.3) is 0 Å². The van der Waals surface area contributed by atoms with Crippen LogP contribution in [0.5, 0.6) is 0 Å². The molecule has 34 heavy (non-hydrogen) atoms. The van der Waals surface area contributed by atoms with Crippen LogP contribution in [0.15, 0.2) is 48.5 Å². The van der Waals surface area contributed by atoms with Crippen LogP contribution in [0, 0.1) is 17.7 Å². The second-order valence-corrected chi connectivity index (χ2v) is 9.45. The first-order chi connectivity index (χ1) is 16.6. The summed E-state index contributed by atoms with van der Waals surface area (Å²) in [5.74, 6) is -0.569. The molecule has 7 heteroatoms. The summed E-state index contributed by atoms with van der Waals surface area (Å²) in [4.78, 5) is 32.3. The number of carbonyl (C=O) groups is 2. The fourth-order valence-corrected chi connectivity index (χ4v) is 5.80. The number of nitrogens with zero attached hydrogens (tertiary/aromatic N) is 3. The highest BCUT2D eigenvalue weighted by Gasteiger charge is 2.43. The van der Waals surface area contributed by atoms with E-state index in [-0.39, 0.29) is 35.6 Å². The molecule has 0 aliphatic carbocycles. The molecule has 3 aliphatic rings. The number of halogens is 1. The molecule has 5 rings (SSSR count). The number of hydrogen-bond donors (Lipinski definition) is 0. The van der Waals surface area contributed by atoms with Crippen molar-refractivity contribution in [1.29, 1.82) is 0 Å². The predicted molar refractivity (Wildman–Crippen MR) is 129 cm³/mol. The number of amides is 1. The molecule has 0 aromatic heterocycles. The molecule has 2 aromatic carbocycles. The third-order valence-corrected chi connectivity index (χ3v) is 7.56. The molecule has 6 nitrogen and oxygen atoms in total. The fraction of sp³-hybridized carbons (Fsp3) is 0.481. The molecule has 0 N–H and O–H groups in total. The van der Waals surface area contributed by atoms with Crippen LogP contribution in [0.4, 0.5) is 15.8 Å². The van der Waals surface area contributed by atoms with E-state index in [9.17, 15) is 14.0 Å². The number of piperidine rings is 1. The first-order valence-corrected chi connectivity index (χ1v) is 12.4.